The highest BCUT2D eigenvalue weighted by Gasteiger charge is 2.05. The topological polar surface area (TPSA) is 71.8 Å². The third kappa shape index (κ3) is 2.08. The molecule has 72 valence electrons. The number of H-pyrrole nitrogens is 1. The molecule has 0 aliphatic carbocycles. The summed E-state index contributed by atoms with van der Waals surface area (Å²) < 4.78 is 0. The lowest BCUT2D eigenvalue weighted by Crippen LogP contribution is -2.19. The van der Waals surface area contributed by atoms with Gasteiger partial charge in [0.15, 0.2) is 0 Å². The summed E-state index contributed by atoms with van der Waals surface area (Å²) in [4.78, 5) is 18.2. The van der Waals surface area contributed by atoms with Crippen molar-refractivity contribution in [1.82, 2.24) is 9.97 Å². The van der Waals surface area contributed by atoms with Crippen molar-refractivity contribution in [3.05, 3.63) is 21.7 Å². The predicted octanol–water partition coefficient (Wildman–Crippen LogP) is 0.867. The first kappa shape index (κ1) is 9.77. The van der Waals surface area contributed by atoms with Crippen molar-refractivity contribution in [1.29, 1.82) is 0 Å². The summed E-state index contributed by atoms with van der Waals surface area (Å²) in [5.41, 5.74) is 6.12. The monoisotopic (exact) mass is 181 g/mol. The molecule has 0 atom stereocenters. The number of rotatable bonds is 3. The Kier molecular flexibility index (Phi) is 3.06. The Morgan fingerprint density at radius 3 is 2.62 bits per heavy atom. The molecule has 1 heterocycles. The zero-order valence-corrected chi connectivity index (χ0v) is 8.05. The molecule has 1 rings (SSSR count). The van der Waals surface area contributed by atoms with E-state index >= 15 is 0 Å². The number of nitrogens with zero attached hydrogens (tertiary/aromatic N) is 1. The van der Waals surface area contributed by atoms with Crippen molar-refractivity contribution in [3.8, 4) is 0 Å². The second kappa shape index (κ2) is 4.07. The average Bonchev–Trinajstić information content (AvgIpc) is 2.04. The van der Waals surface area contributed by atoms with Gasteiger partial charge in [-0.05, 0) is 12.8 Å². The van der Waals surface area contributed by atoms with Gasteiger partial charge in [-0.25, -0.2) is 4.98 Å². The van der Waals surface area contributed by atoms with Gasteiger partial charge in [-0.15, -0.1) is 0 Å². The number of hydrogen-bond acceptors (Lipinski definition) is 3. The van der Waals surface area contributed by atoms with Crippen LogP contribution in [0.1, 0.15) is 31.7 Å². The summed E-state index contributed by atoms with van der Waals surface area (Å²) in [6, 6.07) is 0. The molecule has 0 aliphatic rings. The number of aromatic nitrogens is 2. The smallest absolute Gasteiger partial charge is 0.256 e. The highest BCUT2D eigenvalue weighted by Crippen LogP contribution is 2.03. The third-order valence-corrected chi connectivity index (χ3v) is 1.94. The van der Waals surface area contributed by atoms with E-state index in [1.807, 2.05) is 13.8 Å². The van der Waals surface area contributed by atoms with E-state index in [0.717, 1.165) is 12.8 Å². The van der Waals surface area contributed by atoms with E-state index < -0.39 is 0 Å². The Morgan fingerprint density at radius 1 is 1.46 bits per heavy atom. The van der Waals surface area contributed by atoms with Gasteiger partial charge in [0.05, 0.1) is 5.56 Å². The van der Waals surface area contributed by atoms with Crippen molar-refractivity contribution < 1.29 is 0 Å². The largest absolute Gasteiger partial charge is 0.383 e. The summed E-state index contributed by atoms with van der Waals surface area (Å²) in [5.74, 6) is 1.05. The molecule has 0 saturated carbocycles. The van der Waals surface area contributed by atoms with Crippen LogP contribution in [0.2, 0.25) is 0 Å². The molecular formula is C9H15N3O. The molecule has 0 unspecified atom stereocenters. The fourth-order valence-corrected chi connectivity index (χ4v) is 1.26. The Bertz CT molecular complexity index is 343. The SMILES string of the molecule is CCCc1nc(N)c(CC)c(=O)[nH]1. The third-order valence-electron chi connectivity index (χ3n) is 1.94. The maximum atomic E-state index is 11.4. The number of hydrogen-bond donors (Lipinski definition) is 2. The number of nitrogens with two attached hydrogens (primary N) is 1. The molecule has 0 fully saturated rings. The maximum absolute atomic E-state index is 11.4. The van der Waals surface area contributed by atoms with Crippen LogP contribution in [0.3, 0.4) is 0 Å². The van der Waals surface area contributed by atoms with Crippen LogP contribution in [0.15, 0.2) is 4.79 Å². The number of nitrogens with one attached hydrogen (secondary N) is 1. The standard InChI is InChI=1S/C9H15N3O/c1-3-5-7-11-8(10)6(4-2)9(13)12-7/h3-5H2,1-2H3,(H3,10,11,12,13). The number of aromatic amines is 1. The molecule has 3 N–H and O–H groups in total. The van der Waals surface area contributed by atoms with E-state index in [1.165, 1.54) is 0 Å². The lowest BCUT2D eigenvalue weighted by atomic mass is 10.2. The molecule has 13 heavy (non-hydrogen) atoms. The minimum Gasteiger partial charge on any atom is -0.383 e. The Hall–Kier alpha value is -1.32. The van der Waals surface area contributed by atoms with Crippen LogP contribution in [0, 0.1) is 0 Å². The molecule has 0 aromatic carbocycles. The summed E-state index contributed by atoms with van der Waals surface area (Å²) in [6.07, 6.45) is 2.35. The normalized spacial score (nSPS) is 10.3. The van der Waals surface area contributed by atoms with Crippen LogP contribution in [0.5, 0.6) is 0 Å². The lowest BCUT2D eigenvalue weighted by Gasteiger charge is -2.03. The first-order valence-electron chi connectivity index (χ1n) is 4.56. The van der Waals surface area contributed by atoms with Crippen LogP contribution in [0.4, 0.5) is 5.82 Å². The predicted molar refractivity (Wildman–Crippen MR) is 52.6 cm³/mol. The lowest BCUT2D eigenvalue weighted by molar-refractivity contribution is 0.818. The molecule has 0 spiro atoms. The van der Waals surface area contributed by atoms with E-state index in [1.54, 1.807) is 0 Å². The molecule has 1 aromatic rings. The van der Waals surface area contributed by atoms with Gasteiger partial charge in [-0.3, -0.25) is 4.79 Å². The molecule has 4 nitrogen and oxygen atoms in total. The summed E-state index contributed by atoms with van der Waals surface area (Å²) in [6.45, 7) is 3.92. The van der Waals surface area contributed by atoms with Crippen LogP contribution in [0.25, 0.3) is 0 Å². The number of nitrogen functional groups attached to an aromatic ring is 1. The minimum absolute atomic E-state index is 0.0987. The fourth-order valence-electron chi connectivity index (χ4n) is 1.26. The van der Waals surface area contributed by atoms with Gasteiger partial charge in [0.2, 0.25) is 0 Å². The Morgan fingerprint density at radius 2 is 2.15 bits per heavy atom. The second-order valence-corrected chi connectivity index (χ2v) is 2.98. The number of anilines is 1. The first-order valence-corrected chi connectivity index (χ1v) is 4.56. The Labute approximate surface area is 77.2 Å². The van der Waals surface area contributed by atoms with E-state index in [-0.39, 0.29) is 5.56 Å². The quantitative estimate of drug-likeness (QED) is 0.726. The zero-order chi connectivity index (χ0) is 9.84. The summed E-state index contributed by atoms with van der Waals surface area (Å²) >= 11 is 0. The van der Waals surface area contributed by atoms with Gasteiger partial charge in [0.25, 0.3) is 5.56 Å². The highest BCUT2D eigenvalue weighted by molar-refractivity contribution is 5.37. The van der Waals surface area contributed by atoms with Gasteiger partial charge in [-0.1, -0.05) is 13.8 Å². The van der Waals surface area contributed by atoms with Crippen molar-refractivity contribution in [3.63, 3.8) is 0 Å². The van der Waals surface area contributed by atoms with Gasteiger partial charge in [0, 0.05) is 6.42 Å². The van der Waals surface area contributed by atoms with Gasteiger partial charge < -0.3 is 10.7 Å². The molecule has 0 radical (unpaired) electrons. The van der Waals surface area contributed by atoms with Gasteiger partial charge in [0.1, 0.15) is 11.6 Å². The second-order valence-electron chi connectivity index (χ2n) is 2.98. The summed E-state index contributed by atoms with van der Waals surface area (Å²) in [5, 5.41) is 0. The van der Waals surface area contributed by atoms with Gasteiger partial charge >= 0.3 is 0 Å². The van der Waals surface area contributed by atoms with E-state index in [4.69, 9.17) is 5.73 Å². The van der Waals surface area contributed by atoms with Crippen molar-refractivity contribution >= 4 is 5.82 Å². The average molecular weight is 181 g/mol. The molecule has 4 heteroatoms. The molecule has 0 amide bonds. The summed E-state index contributed by atoms with van der Waals surface area (Å²) in [7, 11) is 0. The molecule has 1 aromatic heterocycles. The molecule has 0 aliphatic heterocycles. The fraction of sp³-hybridized carbons (Fsp3) is 0.556. The van der Waals surface area contributed by atoms with Crippen molar-refractivity contribution in [2.45, 2.75) is 33.1 Å². The highest BCUT2D eigenvalue weighted by atomic mass is 16.1. The van der Waals surface area contributed by atoms with Crippen molar-refractivity contribution in [2.75, 3.05) is 5.73 Å². The van der Waals surface area contributed by atoms with E-state index in [0.29, 0.717) is 23.6 Å². The van der Waals surface area contributed by atoms with Gasteiger partial charge in [-0.2, -0.15) is 0 Å². The minimum atomic E-state index is -0.0987. The van der Waals surface area contributed by atoms with Crippen LogP contribution in [-0.4, -0.2) is 9.97 Å². The zero-order valence-electron chi connectivity index (χ0n) is 8.05. The molecule has 0 saturated heterocycles. The first-order chi connectivity index (χ1) is 6.19. The van der Waals surface area contributed by atoms with Crippen LogP contribution in [-0.2, 0) is 12.8 Å². The number of aryl methyl sites for hydroxylation is 1. The van der Waals surface area contributed by atoms with Crippen LogP contribution >= 0.6 is 0 Å². The van der Waals surface area contributed by atoms with E-state index in [9.17, 15) is 4.79 Å². The Balaban J connectivity index is 3.13. The molecule has 0 bridgehead atoms. The van der Waals surface area contributed by atoms with Crippen LogP contribution < -0.4 is 11.3 Å². The van der Waals surface area contributed by atoms with E-state index in [2.05, 4.69) is 9.97 Å². The molecular weight excluding hydrogens is 166 g/mol. The maximum Gasteiger partial charge on any atom is 0.256 e. The van der Waals surface area contributed by atoms with Crippen molar-refractivity contribution in [2.24, 2.45) is 0 Å².